The summed E-state index contributed by atoms with van der Waals surface area (Å²) in [6.45, 7) is 1.80. The Morgan fingerprint density at radius 3 is 2.72 bits per heavy atom. The third-order valence-electron chi connectivity index (χ3n) is 3.81. The van der Waals surface area contributed by atoms with E-state index in [0.29, 0.717) is 15.0 Å². The predicted octanol–water partition coefficient (Wildman–Crippen LogP) is 2.87. The molecule has 0 saturated heterocycles. The molecule has 2 heterocycles. The van der Waals surface area contributed by atoms with Crippen molar-refractivity contribution in [2.45, 2.75) is 18.4 Å². The third kappa shape index (κ3) is 5.28. The highest BCUT2D eigenvalue weighted by atomic mass is 32.2. The van der Waals surface area contributed by atoms with E-state index in [-0.39, 0.29) is 18.0 Å². The Kier molecular flexibility index (Phi) is 6.46. The number of rotatable bonds is 6. The molecule has 0 aliphatic heterocycles. The highest BCUT2D eigenvalue weighted by molar-refractivity contribution is 7.90. The van der Waals surface area contributed by atoms with Gasteiger partial charge in [-0.3, -0.25) is 9.59 Å². The van der Waals surface area contributed by atoms with Gasteiger partial charge in [0.1, 0.15) is 6.54 Å². The fourth-order valence-electron chi connectivity index (χ4n) is 2.53. The number of hydrogen-bond donors (Lipinski definition) is 0. The maximum atomic E-state index is 12.3. The molecule has 0 fully saturated rings. The van der Waals surface area contributed by atoms with E-state index in [4.69, 9.17) is 4.74 Å². The molecule has 152 valence electrons. The minimum Gasteiger partial charge on any atom is -0.465 e. The van der Waals surface area contributed by atoms with E-state index in [1.54, 1.807) is 23.6 Å². The van der Waals surface area contributed by atoms with Gasteiger partial charge in [0, 0.05) is 17.2 Å². The van der Waals surface area contributed by atoms with Crippen molar-refractivity contribution in [1.82, 2.24) is 4.57 Å². The Balaban J connectivity index is 2.07. The average molecular weight is 451 g/mol. The van der Waals surface area contributed by atoms with Gasteiger partial charge in [-0.05, 0) is 42.6 Å². The summed E-state index contributed by atoms with van der Waals surface area (Å²) in [5, 5.41) is 1.90. The van der Waals surface area contributed by atoms with Gasteiger partial charge in [0.05, 0.1) is 21.7 Å². The Labute approximate surface area is 175 Å². The molecule has 3 aromatic rings. The lowest BCUT2D eigenvalue weighted by Crippen LogP contribution is -2.22. The molecule has 0 N–H and O–H groups in total. The molecule has 0 radical (unpaired) electrons. The van der Waals surface area contributed by atoms with E-state index < -0.39 is 21.7 Å². The van der Waals surface area contributed by atoms with Crippen molar-refractivity contribution in [3.05, 3.63) is 51.5 Å². The highest BCUT2D eigenvalue weighted by Crippen LogP contribution is 2.22. The zero-order chi connectivity index (χ0) is 21.0. The average Bonchev–Trinajstić information content (AvgIpc) is 3.27. The number of thiazole rings is 1. The van der Waals surface area contributed by atoms with Crippen LogP contribution in [0.25, 0.3) is 16.3 Å². The molecule has 0 spiro atoms. The molecule has 0 saturated carbocycles. The maximum absolute atomic E-state index is 12.3. The summed E-state index contributed by atoms with van der Waals surface area (Å²) in [7, 11) is -3.39. The minimum atomic E-state index is -3.39. The van der Waals surface area contributed by atoms with Crippen molar-refractivity contribution < 1.29 is 22.7 Å². The second-order valence-electron chi connectivity index (χ2n) is 5.98. The number of hydrogen-bond acceptors (Lipinski definition) is 7. The summed E-state index contributed by atoms with van der Waals surface area (Å²) in [5.74, 6) is -0.951. The number of nitrogens with zero attached hydrogens (tertiary/aromatic N) is 2. The van der Waals surface area contributed by atoms with Crippen molar-refractivity contribution in [2.75, 3.05) is 12.9 Å². The lowest BCUT2D eigenvalue weighted by atomic mass is 10.3. The predicted molar refractivity (Wildman–Crippen MR) is 113 cm³/mol. The monoisotopic (exact) mass is 450 g/mol. The highest BCUT2D eigenvalue weighted by Gasteiger charge is 2.15. The second-order valence-corrected chi connectivity index (χ2v) is 9.98. The quantitative estimate of drug-likeness (QED) is 0.425. The molecule has 1 amide bonds. The Hall–Kier alpha value is -2.56. The fourth-order valence-corrected chi connectivity index (χ4v) is 4.94. The first kappa shape index (κ1) is 21.2. The molecule has 0 aliphatic rings. The van der Waals surface area contributed by atoms with Crippen LogP contribution in [0.2, 0.25) is 0 Å². The number of benzene rings is 1. The van der Waals surface area contributed by atoms with Crippen LogP contribution in [0.4, 0.5) is 0 Å². The van der Waals surface area contributed by atoms with Gasteiger partial charge in [0.25, 0.3) is 5.91 Å². The van der Waals surface area contributed by atoms with Gasteiger partial charge in [-0.15, -0.1) is 11.3 Å². The molecule has 0 unspecified atom stereocenters. The van der Waals surface area contributed by atoms with E-state index in [1.807, 2.05) is 17.5 Å². The van der Waals surface area contributed by atoms with Gasteiger partial charge in [0.2, 0.25) is 0 Å². The first-order valence-electron chi connectivity index (χ1n) is 8.57. The smallest absolute Gasteiger partial charge is 0.326 e. The Morgan fingerprint density at radius 2 is 2.07 bits per heavy atom. The number of carbonyl (C=O) groups is 2. The van der Waals surface area contributed by atoms with Gasteiger partial charge in [-0.25, -0.2) is 8.42 Å². The van der Waals surface area contributed by atoms with E-state index in [2.05, 4.69) is 4.99 Å². The van der Waals surface area contributed by atoms with Crippen LogP contribution in [-0.4, -0.2) is 37.7 Å². The van der Waals surface area contributed by atoms with Crippen LogP contribution < -0.4 is 4.80 Å². The molecule has 29 heavy (non-hydrogen) atoms. The standard InChI is InChI=1S/C19H18N2O5S3/c1-3-26-18(23)12-21-15-8-7-14(29(2,24)25)11-16(15)28-19(21)20-17(22)9-6-13-5-4-10-27-13/h4-11H,3,12H2,1-2H3/b9-6+,20-19?. The summed E-state index contributed by atoms with van der Waals surface area (Å²) in [6, 6.07) is 8.34. The topological polar surface area (TPSA) is 94.8 Å². The number of aromatic nitrogens is 1. The molecule has 2 aromatic heterocycles. The maximum Gasteiger partial charge on any atom is 0.326 e. The second kappa shape index (κ2) is 8.85. The van der Waals surface area contributed by atoms with Crippen LogP contribution in [0.5, 0.6) is 0 Å². The van der Waals surface area contributed by atoms with Gasteiger partial charge in [-0.1, -0.05) is 17.4 Å². The number of ether oxygens (including phenoxy) is 1. The Morgan fingerprint density at radius 1 is 1.28 bits per heavy atom. The number of amides is 1. The SMILES string of the molecule is CCOC(=O)Cn1c(=NC(=O)/C=C/c2cccs2)sc2cc(S(C)(=O)=O)ccc21. The zero-order valence-corrected chi connectivity index (χ0v) is 18.1. The molecule has 3 rings (SSSR count). The van der Waals surface area contributed by atoms with Gasteiger partial charge in [-0.2, -0.15) is 4.99 Å². The molecular weight excluding hydrogens is 432 g/mol. The van der Waals surface area contributed by atoms with Crippen molar-refractivity contribution >= 4 is 60.7 Å². The number of fused-ring (bicyclic) bond motifs is 1. The van der Waals surface area contributed by atoms with Crippen LogP contribution in [0.15, 0.2) is 51.7 Å². The lowest BCUT2D eigenvalue weighted by molar-refractivity contribution is -0.143. The molecule has 10 heteroatoms. The molecule has 0 atom stereocenters. The molecule has 0 bridgehead atoms. The molecule has 7 nitrogen and oxygen atoms in total. The van der Waals surface area contributed by atoms with E-state index in [1.165, 1.54) is 29.5 Å². The van der Waals surface area contributed by atoms with Crippen molar-refractivity contribution in [3.63, 3.8) is 0 Å². The van der Waals surface area contributed by atoms with E-state index in [9.17, 15) is 18.0 Å². The van der Waals surface area contributed by atoms with Crippen LogP contribution in [0.1, 0.15) is 11.8 Å². The number of esters is 1. The van der Waals surface area contributed by atoms with Crippen molar-refractivity contribution in [2.24, 2.45) is 4.99 Å². The first-order chi connectivity index (χ1) is 13.8. The number of carbonyl (C=O) groups excluding carboxylic acids is 2. The fraction of sp³-hybridized carbons (Fsp3) is 0.211. The number of sulfone groups is 1. The summed E-state index contributed by atoms with van der Waals surface area (Å²) in [4.78, 5) is 29.8. The van der Waals surface area contributed by atoms with Gasteiger partial charge >= 0.3 is 5.97 Å². The van der Waals surface area contributed by atoms with E-state index >= 15 is 0 Å². The van der Waals surface area contributed by atoms with Crippen LogP contribution in [0.3, 0.4) is 0 Å². The summed E-state index contributed by atoms with van der Waals surface area (Å²) < 4.78 is 30.9. The lowest BCUT2D eigenvalue weighted by Gasteiger charge is -2.05. The van der Waals surface area contributed by atoms with Crippen LogP contribution >= 0.6 is 22.7 Å². The van der Waals surface area contributed by atoms with Crippen molar-refractivity contribution in [3.8, 4) is 0 Å². The largest absolute Gasteiger partial charge is 0.465 e. The molecular formula is C19H18N2O5S3. The molecule has 0 aliphatic carbocycles. The van der Waals surface area contributed by atoms with Gasteiger partial charge in [0.15, 0.2) is 14.6 Å². The third-order valence-corrected chi connectivity index (χ3v) is 6.80. The first-order valence-corrected chi connectivity index (χ1v) is 12.2. The number of thiophene rings is 1. The van der Waals surface area contributed by atoms with Crippen molar-refractivity contribution in [1.29, 1.82) is 0 Å². The Bertz CT molecular complexity index is 1250. The summed E-state index contributed by atoms with van der Waals surface area (Å²) >= 11 is 2.63. The minimum absolute atomic E-state index is 0.132. The van der Waals surface area contributed by atoms with Crippen LogP contribution in [0, 0.1) is 0 Å². The van der Waals surface area contributed by atoms with Gasteiger partial charge < -0.3 is 9.30 Å². The van der Waals surface area contributed by atoms with Crippen LogP contribution in [-0.2, 0) is 30.7 Å². The normalized spacial score (nSPS) is 12.7. The zero-order valence-electron chi connectivity index (χ0n) is 15.7. The summed E-state index contributed by atoms with van der Waals surface area (Å²) in [5.41, 5.74) is 0.601. The molecule has 1 aromatic carbocycles. The van der Waals surface area contributed by atoms with E-state index in [0.717, 1.165) is 22.5 Å². The summed E-state index contributed by atoms with van der Waals surface area (Å²) in [6.07, 6.45) is 4.15.